The summed E-state index contributed by atoms with van der Waals surface area (Å²) in [6.45, 7) is 8.29. The zero-order valence-corrected chi connectivity index (χ0v) is 19.3. The summed E-state index contributed by atoms with van der Waals surface area (Å²) in [6, 6.07) is 13.8. The first-order valence-corrected chi connectivity index (χ1v) is 11.0. The predicted molar refractivity (Wildman–Crippen MR) is 127 cm³/mol. The van der Waals surface area contributed by atoms with Gasteiger partial charge >= 0.3 is 0 Å². The molecule has 1 amide bonds. The van der Waals surface area contributed by atoms with Crippen molar-refractivity contribution in [1.29, 1.82) is 0 Å². The molecule has 0 unspecified atom stereocenters. The van der Waals surface area contributed by atoms with Gasteiger partial charge in [0.1, 0.15) is 11.6 Å². The Balaban J connectivity index is 1.58. The second kappa shape index (κ2) is 9.40. The van der Waals surface area contributed by atoms with Crippen molar-refractivity contribution >= 4 is 17.2 Å². The molecule has 2 aromatic carbocycles. The summed E-state index contributed by atoms with van der Waals surface area (Å²) in [5.74, 6) is 0.284. The summed E-state index contributed by atoms with van der Waals surface area (Å²) in [5, 5.41) is 7.63. The number of hydrogen-bond acceptors (Lipinski definition) is 4. The van der Waals surface area contributed by atoms with Crippen LogP contribution in [-0.2, 0) is 11.2 Å². The van der Waals surface area contributed by atoms with Gasteiger partial charge in [0, 0.05) is 23.4 Å². The number of carbonyl (C=O) groups excluding carboxylic acids is 1. The van der Waals surface area contributed by atoms with Crippen molar-refractivity contribution in [3.05, 3.63) is 77.0 Å². The van der Waals surface area contributed by atoms with Crippen molar-refractivity contribution in [2.24, 2.45) is 0 Å². The molecule has 0 radical (unpaired) electrons. The lowest BCUT2D eigenvalue weighted by Crippen LogP contribution is -2.15. The average molecular weight is 447 g/mol. The van der Waals surface area contributed by atoms with Crippen LogP contribution in [0.5, 0.6) is 5.75 Å². The monoisotopic (exact) mass is 446 g/mol. The van der Waals surface area contributed by atoms with Gasteiger partial charge in [-0.15, -0.1) is 0 Å². The molecule has 170 valence electrons. The first-order chi connectivity index (χ1) is 15.9. The van der Waals surface area contributed by atoms with Crippen LogP contribution in [0.4, 0.5) is 10.1 Å². The van der Waals surface area contributed by atoms with Crippen molar-refractivity contribution in [2.45, 2.75) is 40.5 Å². The van der Waals surface area contributed by atoms with Crippen molar-refractivity contribution in [2.75, 3.05) is 11.9 Å². The van der Waals surface area contributed by atoms with Crippen LogP contribution in [0.25, 0.3) is 16.8 Å². The number of fused-ring (bicyclic) bond motifs is 1. The van der Waals surface area contributed by atoms with Crippen LogP contribution >= 0.6 is 0 Å². The van der Waals surface area contributed by atoms with Crippen LogP contribution < -0.4 is 10.1 Å². The Morgan fingerprint density at radius 3 is 2.52 bits per heavy atom. The second-order valence-corrected chi connectivity index (χ2v) is 7.94. The van der Waals surface area contributed by atoms with E-state index in [1.54, 1.807) is 12.1 Å². The summed E-state index contributed by atoms with van der Waals surface area (Å²) in [5.41, 5.74) is 6.75. The topological polar surface area (TPSA) is 68.5 Å². The van der Waals surface area contributed by atoms with Gasteiger partial charge in [-0.25, -0.2) is 13.9 Å². The number of rotatable bonds is 7. The van der Waals surface area contributed by atoms with E-state index in [0.717, 1.165) is 39.4 Å². The molecule has 6 nitrogen and oxygen atoms in total. The molecule has 7 heteroatoms. The highest BCUT2D eigenvalue weighted by Gasteiger charge is 2.19. The number of hydrogen-bond donors (Lipinski definition) is 1. The fourth-order valence-corrected chi connectivity index (χ4v) is 4.09. The zero-order valence-electron chi connectivity index (χ0n) is 19.3. The number of nitrogens with one attached hydrogen (secondary N) is 1. The van der Waals surface area contributed by atoms with E-state index in [1.165, 1.54) is 12.1 Å². The molecule has 4 aromatic rings. The molecule has 0 aliphatic carbocycles. The summed E-state index contributed by atoms with van der Waals surface area (Å²) >= 11 is 0. The minimum Gasteiger partial charge on any atom is -0.492 e. The minimum atomic E-state index is -0.280. The zero-order chi connectivity index (χ0) is 23.5. The number of aryl methyl sites for hydroxylation is 3. The van der Waals surface area contributed by atoms with Crippen LogP contribution in [0.2, 0.25) is 0 Å². The average Bonchev–Trinajstić information content (AvgIpc) is 3.11. The normalized spacial score (nSPS) is 11.1. The van der Waals surface area contributed by atoms with Crippen LogP contribution in [0.3, 0.4) is 0 Å². The first kappa shape index (κ1) is 22.5. The van der Waals surface area contributed by atoms with E-state index in [2.05, 4.69) is 10.4 Å². The van der Waals surface area contributed by atoms with Crippen molar-refractivity contribution in [1.82, 2.24) is 14.6 Å². The Kier molecular flexibility index (Phi) is 6.40. The summed E-state index contributed by atoms with van der Waals surface area (Å²) in [4.78, 5) is 17.5. The molecular formula is C26H27FN4O2. The molecular weight excluding hydrogens is 419 g/mol. The first-order valence-electron chi connectivity index (χ1n) is 11.0. The fourth-order valence-electron chi connectivity index (χ4n) is 4.09. The molecule has 2 heterocycles. The highest BCUT2D eigenvalue weighted by atomic mass is 19.1. The predicted octanol–water partition coefficient (Wildman–Crippen LogP) is 5.43. The van der Waals surface area contributed by atoms with Gasteiger partial charge in [-0.05, 0) is 69.5 Å². The van der Waals surface area contributed by atoms with Gasteiger partial charge < -0.3 is 10.1 Å². The largest absolute Gasteiger partial charge is 0.492 e. The van der Waals surface area contributed by atoms with Gasteiger partial charge in [0.15, 0.2) is 5.65 Å². The lowest BCUT2D eigenvalue weighted by atomic mass is 10.0. The third kappa shape index (κ3) is 4.58. The lowest BCUT2D eigenvalue weighted by molar-refractivity contribution is -0.116. The molecule has 0 atom stereocenters. The highest BCUT2D eigenvalue weighted by molar-refractivity contribution is 5.92. The number of amides is 1. The summed E-state index contributed by atoms with van der Waals surface area (Å²) in [7, 11) is 0. The molecule has 33 heavy (non-hydrogen) atoms. The molecule has 0 spiro atoms. The van der Waals surface area contributed by atoms with E-state index in [9.17, 15) is 9.18 Å². The molecule has 1 N–H and O–H groups in total. The quantitative estimate of drug-likeness (QED) is 0.411. The Bertz CT molecular complexity index is 1310. The van der Waals surface area contributed by atoms with E-state index in [4.69, 9.17) is 9.72 Å². The van der Waals surface area contributed by atoms with Gasteiger partial charge in [-0.2, -0.15) is 5.10 Å². The standard InChI is InChI=1S/C26H27FN4O2/c1-5-33-23-9-7-6-8-22(23)29-24(32)15-14-21-16(2)28-26-25(17(3)30-31(26)18(21)4)19-10-12-20(27)13-11-19/h6-13H,5,14-15H2,1-4H3,(H,29,32). The van der Waals surface area contributed by atoms with E-state index in [-0.39, 0.29) is 11.7 Å². The summed E-state index contributed by atoms with van der Waals surface area (Å²) < 4.78 is 20.8. The van der Waals surface area contributed by atoms with Gasteiger partial charge in [0.05, 0.1) is 18.0 Å². The molecule has 0 aliphatic rings. The lowest BCUT2D eigenvalue weighted by Gasteiger charge is -2.13. The number of halogens is 1. The SMILES string of the molecule is CCOc1ccccc1NC(=O)CCc1c(C)nc2c(-c3ccc(F)cc3)c(C)nn2c1C. The Labute approximate surface area is 192 Å². The Hall–Kier alpha value is -3.74. The number of anilines is 1. The van der Waals surface area contributed by atoms with Crippen molar-refractivity contribution < 1.29 is 13.9 Å². The maximum absolute atomic E-state index is 13.4. The molecule has 0 fully saturated rings. The van der Waals surface area contributed by atoms with Crippen LogP contribution in [0, 0.1) is 26.6 Å². The number of aromatic nitrogens is 3. The van der Waals surface area contributed by atoms with Crippen molar-refractivity contribution in [3.8, 4) is 16.9 Å². The molecule has 0 bridgehead atoms. The number of benzene rings is 2. The van der Waals surface area contributed by atoms with Crippen LogP contribution in [0.15, 0.2) is 48.5 Å². The number of carbonyl (C=O) groups is 1. The number of nitrogens with zero attached hydrogens (tertiary/aromatic N) is 3. The van der Waals surface area contributed by atoms with Gasteiger partial charge in [0.25, 0.3) is 0 Å². The summed E-state index contributed by atoms with van der Waals surface area (Å²) in [6.07, 6.45) is 0.842. The smallest absolute Gasteiger partial charge is 0.224 e. The minimum absolute atomic E-state index is 0.0929. The molecule has 2 aromatic heterocycles. The maximum atomic E-state index is 13.4. The van der Waals surface area contributed by atoms with E-state index >= 15 is 0 Å². The van der Waals surface area contributed by atoms with Crippen LogP contribution in [-0.4, -0.2) is 27.1 Å². The van der Waals surface area contributed by atoms with Gasteiger partial charge in [-0.3, -0.25) is 4.79 Å². The number of para-hydroxylation sites is 2. The second-order valence-electron chi connectivity index (χ2n) is 7.94. The van der Waals surface area contributed by atoms with E-state index in [1.807, 2.05) is 56.5 Å². The third-order valence-electron chi connectivity index (χ3n) is 5.70. The Morgan fingerprint density at radius 1 is 1.06 bits per heavy atom. The van der Waals surface area contributed by atoms with E-state index < -0.39 is 0 Å². The highest BCUT2D eigenvalue weighted by Crippen LogP contribution is 2.30. The van der Waals surface area contributed by atoms with E-state index in [0.29, 0.717) is 30.9 Å². The molecule has 0 saturated heterocycles. The molecule has 4 rings (SSSR count). The van der Waals surface area contributed by atoms with Crippen molar-refractivity contribution in [3.63, 3.8) is 0 Å². The van der Waals surface area contributed by atoms with Crippen LogP contribution in [0.1, 0.15) is 36.0 Å². The van der Waals surface area contributed by atoms with Gasteiger partial charge in [0.2, 0.25) is 5.91 Å². The maximum Gasteiger partial charge on any atom is 0.224 e. The van der Waals surface area contributed by atoms with Gasteiger partial charge in [-0.1, -0.05) is 24.3 Å². The molecule has 0 aliphatic heterocycles. The fraction of sp³-hybridized carbons (Fsp3) is 0.269. The molecule has 0 saturated carbocycles. The number of ether oxygens (including phenoxy) is 1. The Morgan fingerprint density at radius 2 is 1.79 bits per heavy atom. The third-order valence-corrected chi connectivity index (χ3v) is 5.70.